The maximum Gasteiger partial charge on any atom is 0.251 e. The standard InChI is InChI=1S/C19H20N4O2/c1-14-3-5-15(6-4-14)16-11-17(19(24)20-9-10-25-2)13-18(12-16)23-21-7-8-22-23/h3-8,11-13H,9-10H2,1-2H3,(H,20,24). The molecule has 25 heavy (non-hydrogen) atoms. The van der Waals surface area contributed by atoms with Crippen LogP contribution in [-0.2, 0) is 4.74 Å². The number of rotatable bonds is 6. The average molecular weight is 336 g/mol. The van der Waals surface area contributed by atoms with E-state index in [2.05, 4.69) is 15.5 Å². The van der Waals surface area contributed by atoms with Gasteiger partial charge in [0.1, 0.15) is 0 Å². The summed E-state index contributed by atoms with van der Waals surface area (Å²) in [6.07, 6.45) is 3.22. The Morgan fingerprint density at radius 1 is 1.08 bits per heavy atom. The molecule has 3 rings (SSSR count). The van der Waals surface area contributed by atoms with Gasteiger partial charge in [0.25, 0.3) is 5.91 Å². The second kappa shape index (κ2) is 7.72. The number of nitrogens with one attached hydrogen (secondary N) is 1. The first-order valence-electron chi connectivity index (χ1n) is 8.03. The topological polar surface area (TPSA) is 69.0 Å². The monoisotopic (exact) mass is 336 g/mol. The lowest BCUT2D eigenvalue weighted by Crippen LogP contribution is -2.27. The van der Waals surface area contributed by atoms with Crippen molar-refractivity contribution in [3.8, 4) is 16.8 Å². The second-order valence-electron chi connectivity index (χ2n) is 5.70. The van der Waals surface area contributed by atoms with Crippen LogP contribution in [-0.4, -0.2) is 41.2 Å². The minimum atomic E-state index is -0.153. The van der Waals surface area contributed by atoms with Gasteiger partial charge in [-0.25, -0.2) is 0 Å². The molecule has 0 bridgehead atoms. The lowest BCUT2D eigenvalue weighted by Gasteiger charge is -2.10. The molecule has 1 aromatic heterocycles. The van der Waals surface area contributed by atoms with Crippen LogP contribution in [0.2, 0.25) is 0 Å². The van der Waals surface area contributed by atoms with Crippen molar-refractivity contribution in [1.82, 2.24) is 20.3 Å². The maximum atomic E-state index is 12.5. The Labute approximate surface area is 146 Å². The minimum absolute atomic E-state index is 0.153. The fraction of sp³-hybridized carbons (Fsp3) is 0.211. The summed E-state index contributed by atoms with van der Waals surface area (Å²) in [4.78, 5) is 14.0. The normalized spacial score (nSPS) is 10.6. The average Bonchev–Trinajstić information content (AvgIpc) is 3.17. The SMILES string of the molecule is COCCNC(=O)c1cc(-c2ccc(C)cc2)cc(-n2nccn2)c1. The number of hydrogen-bond acceptors (Lipinski definition) is 4. The van der Waals surface area contributed by atoms with E-state index in [0.29, 0.717) is 18.7 Å². The van der Waals surface area contributed by atoms with Crippen LogP contribution in [0.4, 0.5) is 0 Å². The summed E-state index contributed by atoms with van der Waals surface area (Å²) in [5, 5.41) is 11.2. The summed E-state index contributed by atoms with van der Waals surface area (Å²) in [7, 11) is 1.60. The molecule has 1 N–H and O–H groups in total. The molecule has 0 aliphatic heterocycles. The van der Waals surface area contributed by atoms with Crippen LogP contribution in [0.25, 0.3) is 16.8 Å². The van der Waals surface area contributed by atoms with Gasteiger partial charge < -0.3 is 10.1 Å². The van der Waals surface area contributed by atoms with Gasteiger partial charge in [0.2, 0.25) is 0 Å². The highest BCUT2D eigenvalue weighted by Gasteiger charge is 2.11. The highest BCUT2D eigenvalue weighted by molar-refractivity contribution is 5.96. The van der Waals surface area contributed by atoms with Crippen LogP contribution in [0.15, 0.2) is 54.9 Å². The third-order valence-electron chi connectivity index (χ3n) is 3.81. The van der Waals surface area contributed by atoms with Crippen LogP contribution in [0, 0.1) is 6.92 Å². The fourth-order valence-corrected chi connectivity index (χ4v) is 2.49. The predicted octanol–water partition coefficient (Wildman–Crippen LogP) is 2.62. The molecule has 2 aromatic carbocycles. The number of benzene rings is 2. The largest absolute Gasteiger partial charge is 0.383 e. The number of aryl methyl sites for hydroxylation is 1. The zero-order chi connectivity index (χ0) is 17.6. The molecule has 0 spiro atoms. The highest BCUT2D eigenvalue weighted by atomic mass is 16.5. The van der Waals surface area contributed by atoms with Gasteiger partial charge in [0, 0.05) is 19.2 Å². The summed E-state index contributed by atoms with van der Waals surface area (Å²) in [5.74, 6) is -0.153. The molecule has 0 atom stereocenters. The molecule has 0 aliphatic carbocycles. The Hall–Kier alpha value is -2.99. The molecule has 6 heteroatoms. The van der Waals surface area contributed by atoms with Gasteiger partial charge in [0.15, 0.2) is 0 Å². The van der Waals surface area contributed by atoms with E-state index in [0.717, 1.165) is 16.8 Å². The molecule has 6 nitrogen and oxygen atoms in total. The molecule has 0 aliphatic rings. The van der Waals surface area contributed by atoms with Crippen LogP contribution >= 0.6 is 0 Å². The highest BCUT2D eigenvalue weighted by Crippen LogP contribution is 2.24. The van der Waals surface area contributed by atoms with Crippen molar-refractivity contribution in [3.63, 3.8) is 0 Å². The third kappa shape index (κ3) is 4.10. The number of ether oxygens (including phenoxy) is 1. The fourth-order valence-electron chi connectivity index (χ4n) is 2.49. The van der Waals surface area contributed by atoms with Gasteiger partial charge >= 0.3 is 0 Å². The van der Waals surface area contributed by atoms with E-state index in [4.69, 9.17) is 4.74 Å². The Morgan fingerprint density at radius 2 is 1.80 bits per heavy atom. The van der Waals surface area contributed by atoms with E-state index >= 15 is 0 Å². The van der Waals surface area contributed by atoms with Gasteiger partial charge in [-0.15, -0.1) is 0 Å². The number of carbonyl (C=O) groups excluding carboxylic acids is 1. The maximum absolute atomic E-state index is 12.5. The molecule has 0 saturated heterocycles. The molecule has 0 fully saturated rings. The van der Waals surface area contributed by atoms with Crippen LogP contribution < -0.4 is 5.32 Å². The van der Waals surface area contributed by atoms with E-state index in [-0.39, 0.29) is 5.91 Å². The van der Waals surface area contributed by atoms with Crippen molar-refractivity contribution in [3.05, 3.63) is 66.0 Å². The number of hydrogen-bond donors (Lipinski definition) is 1. The predicted molar refractivity (Wildman–Crippen MR) is 95.7 cm³/mol. The van der Waals surface area contributed by atoms with Gasteiger partial charge in [-0.05, 0) is 36.2 Å². The molecular formula is C19H20N4O2. The molecule has 1 heterocycles. The first-order chi connectivity index (χ1) is 12.2. The Balaban J connectivity index is 1.99. The molecule has 0 radical (unpaired) electrons. The van der Waals surface area contributed by atoms with Crippen molar-refractivity contribution in [1.29, 1.82) is 0 Å². The summed E-state index contributed by atoms with van der Waals surface area (Å²) in [6.45, 7) is 2.97. The number of aromatic nitrogens is 3. The summed E-state index contributed by atoms with van der Waals surface area (Å²) in [6, 6.07) is 13.8. The van der Waals surface area contributed by atoms with Crippen molar-refractivity contribution < 1.29 is 9.53 Å². The molecular weight excluding hydrogens is 316 g/mol. The lowest BCUT2D eigenvalue weighted by molar-refractivity contribution is 0.0937. The zero-order valence-electron chi connectivity index (χ0n) is 14.3. The smallest absolute Gasteiger partial charge is 0.251 e. The number of carbonyl (C=O) groups is 1. The van der Waals surface area contributed by atoms with Crippen molar-refractivity contribution in [2.24, 2.45) is 0 Å². The van der Waals surface area contributed by atoms with E-state index in [1.807, 2.05) is 43.3 Å². The van der Waals surface area contributed by atoms with Gasteiger partial charge in [-0.1, -0.05) is 29.8 Å². The van der Waals surface area contributed by atoms with Crippen molar-refractivity contribution >= 4 is 5.91 Å². The minimum Gasteiger partial charge on any atom is -0.383 e. The van der Waals surface area contributed by atoms with Gasteiger partial charge in [-0.2, -0.15) is 15.0 Å². The zero-order valence-corrected chi connectivity index (χ0v) is 14.3. The quantitative estimate of drug-likeness (QED) is 0.703. The van der Waals surface area contributed by atoms with Gasteiger partial charge in [0.05, 0.1) is 24.7 Å². The lowest BCUT2D eigenvalue weighted by atomic mass is 10.0. The van der Waals surface area contributed by atoms with E-state index in [9.17, 15) is 4.79 Å². The molecule has 128 valence electrons. The first-order valence-corrected chi connectivity index (χ1v) is 8.03. The van der Waals surface area contributed by atoms with Crippen molar-refractivity contribution in [2.45, 2.75) is 6.92 Å². The van der Waals surface area contributed by atoms with Crippen molar-refractivity contribution in [2.75, 3.05) is 20.3 Å². The molecule has 3 aromatic rings. The summed E-state index contributed by atoms with van der Waals surface area (Å²) in [5.41, 5.74) is 4.45. The number of amides is 1. The van der Waals surface area contributed by atoms with Crippen LogP contribution in [0.3, 0.4) is 0 Å². The molecule has 0 unspecified atom stereocenters. The van der Waals surface area contributed by atoms with E-state index in [1.165, 1.54) is 10.4 Å². The number of nitrogens with zero attached hydrogens (tertiary/aromatic N) is 3. The summed E-state index contributed by atoms with van der Waals surface area (Å²) < 4.78 is 4.98. The first kappa shape index (κ1) is 16.9. The third-order valence-corrected chi connectivity index (χ3v) is 3.81. The van der Waals surface area contributed by atoms with Gasteiger partial charge in [-0.3, -0.25) is 4.79 Å². The Kier molecular flexibility index (Phi) is 5.20. The Bertz CT molecular complexity index is 842. The second-order valence-corrected chi connectivity index (χ2v) is 5.70. The molecule has 0 saturated carbocycles. The van der Waals surface area contributed by atoms with E-state index in [1.54, 1.807) is 25.6 Å². The Morgan fingerprint density at radius 3 is 2.48 bits per heavy atom. The van der Waals surface area contributed by atoms with Crippen LogP contribution in [0.5, 0.6) is 0 Å². The summed E-state index contributed by atoms with van der Waals surface area (Å²) >= 11 is 0. The van der Waals surface area contributed by atoms with E-state index < -0.39 is 0 Å². The number of methoxy groups -OCH3 is 1. The molecule has 1 amide bonds. The van der Waals surface area contributed by atoms with Crippen LogP contribution in [0.1, 0.15) is 15.9 Å².